The molecule has 3 unspecified atom stereocenters. The molecule has 8 atom stereocenters. The first-order valence-corrected chi connectivity index (χ1v) is 15.3. The van der Waals surface area contributed by atoms with Crippen LogP contribution in [0.1, 0.15) is 130 Å². The lowest BCUT2D eigenvalue weighted by molar-refractivity contribution is -0.156. The number of aliphatic hydroxyl groups excluding tert-OH is 1. The smallest absolute Gasteiger partial charge is 0.219 e. The topological polar surface area (TPSA) is 66.4 Å². The zero-order valence-corrected chi connectivity index (χ0v) is 23.0. The number of rotatable bonds is 11. The number of fused-ring (bicyclic) bond motifs is 5. The number of nitrogens with one attached hydrogen (secondary N) is 1. The van der Waals surface area contributed by atoms with Gasteiger partial charge in [-0.3, -0.25) is 9.59 Å². The van der Waals surface area contributed by atoms with Crippen LogP contribution >= 0.6 is 0 Å². The number of carbonyl (C=O) groups excluding carboxylic acids is 2. The van der Waals surface area contributed by atoms with Crippen molar-refractivity contribution in [2.75, 3.05) is 6.54 Å². The number of hydrogen-bond donors (Lipinski definition) is 2. The monoisotopic (exact) mass is 487 g/mol. The fourth-order valence-corrected chi connectivity index (χ4v) is 9.21. The second kappa shape index (κ2) is 11.7. The van der Waals surface area contributed by atoms with E-state index in [1.54, 1.807) is 0 Å². The highest BCUT2D eigenvalue weighted by atomic mass is 16.3. The molecule has 0 spiro atoms. The number of Topliss-reactive ketones (excluding diaryl/α,β-unsaturated/α-hetero) is 1. The van der Waals surface area contributed by atoms with Crippen LogP contribution in [0.15, 0.2) is 0 Å². The van der Waals surface area contributed by atoms with Gasteiger partial charge in [0.1, 0.15) is 5.78 Å². The van der Waals surface area contributed by atoms with Gasteiger partial charge < -0.3 is 10.4 Å². The molecular formula is C31H53NO3. The number of carbonyl (C=O) groups is 2. The maximum absolute atomic E-state index is 12.4. The Labute approximate surface area is 214 Å². The highest BCUT2D eigenvalue weighted by molar-refractivity contribution is 5.79. The van der Waals surface area contributed by atoms with Crippen molar-refractivity contribution in [3.8, 4) is 0 Å². The van der Waals surface area contributed by atoms with Gasteiger partial charge in [-0.2, -0.15) is 0 Å². The number of amides is 1. The number of hydrogen-bond acceptors (Lipinski definition) is 3. The fourth-order valence-electron chi connectivity index (χ4n) is 9.21. The zero-order chi connectivity index (χ0) is 25.1. The Hall–Kier alpha value is -0.900. The Morgan fingerprint density at radius 1 is 0.971 bits per heavy atom. The second-order valence-corrected chi connectivity index (χ2v) is 13.4. The summed E-state index contributed by atoms with van der Waals surface area (Å²) in [6, 6.07) is 0. The summed E-state index contributed by atoms with van der Waals surface area (Å²) in [4.78, 5) is 24.3. The van der Waals surface area contributed by atoms with Crippen molar-refractivity contribution < 1.29 is 14.7 Å². The molecule has 35 heavy (non-hydrogen) atoms. The van der Waals surface area contributed by atoms with E-state index in [2.05, 4.69) is 26.1 Å². The quantitative estimate of drug-likeness (QED) is 0.314. The van der Waals surface area contributed by atoms with Crippen molar-refractivity contribution >= 4 is 11.7 Å². The fraction of sp³-hybridized carbons (Fsp3) is 0.935. The maximum atomic E-state index is 12.4. The lowest BCUT2D eigenvalue weighted by Crippen LogP contribution is -2.57. The van der Waals surface area contributed by atoms with Gasteiger partial charge in [0.2, 0.25) is 5.91 Å². The molecule has 4 aliphatic rings. The Balaban J connectivity index is 1.31. The molecular weight excluding hydrogens is 434 g/mol. The number of ketones is 1. The van der Waals surface area contributed by atoms with E-state index >= 15 is 0 Å². The summed E-state index contributed by atoms with van der Waals surface area (Å²) in [5, 5.41) is 13.9. The minimum Gasteiger partial charge on any atom is -0.393 e. The van der Waals surface area contributed by atoms with Gasteiger partial charge in [0.05, 0.1) is 6.10 Å². The van der Waals surface area contributed by atoms with E-state index in [0.29, 0.717) is 29.5 Å². The molecule has 0 aliphatic heterocycles. The van der Waals surface area contributed by atoms with E-state index in [-0.39, 0.29) is 17.4 Å². The van der Waals surface area contributed by atoms with E-state index < -0.39 is 0 Å². The molecule has 0 heterocycles. The van der Waals surface area contributed by atoms with Gasteiger partial charge in [0.25, 0.3) is 0 Å². The van der Waals surface area contributed by atoms with Crippen molar-refractivity contribution in [2.45, 2.75) is 136 Å². The molecule has 4 heteroatoms. The highest BCUT2D eigenvalue weighted by Gasteiger charge is 2.62. The summed E-state index contributed by atoms with van der Waals surface area (Å²) in [5.41, 5.74) is 0.451. The van der Waals surface area contributed by atoms with Gasteiger partial charge in [-0.1, -0.05) is 59.3 Å². The van der Waals surface area contributed by atoms with E-state index in [9.17, 15) is 14.7 Å². The Bertz CT molecular complexity index is 737. The summed E-state index contributed by atoms with van der Waals surface area (Å²) in [7, 11) is 0. The number of unbranched alkanes of at least 4 members (excludes halogenated alkanes) is 5. The molecule has 0 bridgehead atoms. The van der Waals surface area contributed by atoms with Crippen molar-refractivity contribution in [3.63, 3.8) is 0 Å². The van der Waals surface area contributed by atoms with Crippen LogP contribution in [0.4, 0.5) is 0 Å². The standard InChI is InChI=1S/C31H53NO3/c1-4-5-19-32-28(35)12-10-8-6-7-9-11-22-20-23-21-24(33)15-17-30(23,2)26-16-18-31(3)25(29(22)26)13-14-27(31)34/h22-23,25-27,29,34H,4-21H2,1-3H3,(H,32,35)/t22?,23?,25-,26+,27?,29-,30-,31-/m0/s1. The normalized spacial score (nSPS) is 40.6. The molecule has 200 valence electrons. The van der Waals surface area contributed by atoms with Crippen LogP contribution in [0.5, 0.6) is 0 Å². The van der Waals surface area contributed by atoms with Crippen LogP contribution in [0, 0.1) is 40.4 Å². The van der Waals surface area contributed by atoms with E-state index in [4.69, 9.17) is 0 Å². The maximum Gasteiger partial charge on any atom is 0.219 e. The summed E-state index contributed by atoms with van der Waals surface area (Å²) in [5.74, 6) is 4.18. The van der Waals surface area contributed by atoms with E-state index in [1.807, 2.05) is 0 Å². The molecule has 2 N–H and O–H groups in total. The van der Waals surface area contributed by atoms with Crippen LogP contribution in [-0.4, -0.2) is 29.4 Å². The van der Waals surface area contributed by atoms with Crippen molar-refractivity contribution in [1.29, 1.82) is 0 Å². The largest absolute Gasteiger partial charge is 0.393 e. The lowest BCUT2D eigenvalue weighted by atomic mass is 9.42. The Morgan fingerprint density at radius 2 is 1.71 bits per heavy atom. The lowest BCUT2D eigenvalue weighted by Gasteiger charge is -2.62. The summed E-state index contributed by atoms with van der Waals surface area (Å²) >= 11 is 0. The number of aliphatic hydroxyl groups is 1. The third kappa shape index (κ3) is 5.68. The second-order valence-electron chi connectivity index (χ2n) is 13.4. The molecule has 4 aliphatic carbocycles. The molecule has 0 aromatic heterocycles. The Kier molecular flexibility index (Phi) is 9.04. The van der Waals surface area contributed by atoms with Gasteiger partial charge >= 0.3 is 0 Å². The Morgan fingerprint density at radius 3 is 2.51 bits per heavy atom. The first-order valence-electron chi connectivity index (χ1n) is 15.3. The van der Waals surface area contributed by atoms with Gasteiger partial charge in [-0.15, -0.1) is 0 Å². The van der Waals surface area contributed by atoms with Crippen LogP contribution in [0.3, 0.4) is 0 Å². The average Bonchev–Trinajstić information content (AvgIpc) is 3.13. The molecule has 0 radical (unpaired) electrons. The SMILES string of the molecule is CCCCNC(=O)CCCCCCCC1CC2CC(=O)CC[C@]2(C)[C@@H]2CC[C@]3(C)C(O)CC[C@H]3[C@H]12. The van der Waals surface area contributed by atoms with Gasteiger partial charge in [-0.05, 0) is 91.8 Å². The molecule has 4 saturated carbocycles. The average molecular weight is 488 g/mol. The summed E-state index contributed by atoms with van der Waals surface area (Å²) in [6.45, 7) is 7.89. The molecule has 4 rings (SSSR count). The zero-order valence-electron chi connectivity index (χ0n) is 23.0. The van der Waals surface area contributed by atoms with Crippen molar-refractivity contribution in [3.05, 3.63) is 0 Å². The van der Waals surface area contributed by atoms with Gasteiger partial charge in [0.15, 0.2) is 0 Å². The molecule has 0 aromatic carbocycles. The van der Waals surface area contributed by atoms with Crippen LogP contribution < -0.4 is 5.32 Å². The van der Waals surface area contributed by atoms with Gasteiger partial charge in [0, 0.05) is 25.8 Å². The molecule has 4 nitrogen and oxygen atoms in total. The minimum atomic E-state index is -0.119. The molecule has 0 saturated heterocycles. The molecule has 0 aromatic rings. The molecule has 1 amide bonds. The molecule has 4 fully saturated rings. The van der Waals surface area contributed by atoms with Crippen molar-refractivity contribution in [1.82, 2.24) is 5.32 Å². The predicted molar refractivity (Wildman–Crippen MR) is 142 cm³/mol. The summed E-state index contributed by atoms with van der Waals surface area (Å²) in [6.07, 6.45) is 18.5. The predicted octanol–water partition coefficient (Wildman–Crippen LogP) is 6.83. The third-order valence-corrected chi connectivity index (χ3v) is 11.4. The van der Waals surface area contributed by atoms with Gasteiger partial charge in [-0.25, -0.2) is 0 Å². The van der Waals surface area contributed by atoms with E-state index in [1.165, 1.54) is 51.4 Å². The third-order valence-electron chi connectivity index (χ3n) is 11.4. The minimum absolute atomic E-state index is 0.116. The first-order chi connectivity index (χ1) is 16.8. The first kappa shape index (κ1) is 27.1. The van der Waals surface area contributed by atoms with Crippen LogP contribution in [0.25, 0.3) is 0 Å². The summed E-state index contributed by atoms with van der Waals surface area (Å²) < 4.78 is 0. The van der Waals surface area contributed by atoms with Crippen LogP contribution in [-0.2, 0) is 9.59 Å². The van der Waals surface area contributed by atoms with Crippen LogP contribution in [0.2, 0.25) is 0 Å². The highest BCUT2D eigenvalue weighted by Crippen LogP contribution is 2.67. The van der Waals surface area contributed by atoms with Crippen molar-refractivity contribution in [2.24, 2.45) is 40.4 Å². The van der Waals surface area contributed by atoms with E-state index in [0.717, 1.165) is 75.7 Å².